The summed E-state index contributed by atoms with van der Waals surface area (Å²) < 4.78 is 11.3. The third-order valence-corrected chi connectivity index (χ3v) is 3.72. The summed E-state index contributed by atoms with van der Waals surface area (Å²) in [6, 6.07) is -0.108. The summed E-state index contributed by atoms with van der Waals surface area (Å²) in [7, 11) is 0. The lowest BCUT2D eigenvalue weighted by Crippen LogP contribution is -2.52. The molecule has 5 heteroatoms. The van der Waals surface area contributed by atoms with Crippen molar-refractivity contribution in [1.29, 1.82) is 0 Å². The average molecular weight is 254 g/mol. The number of ether oxygens (including phenoxy) is 2. The van der Waals surface area contributed by atoms with Crippen LogP contribution in [0.25, 0.3) is 0 Å². The molecule has 0 aliphatic carbocycles. The molecule has 102 valence electrons. The molecular formula is C13H22N2O3. The number of likely N-dealkylation sites (tertiary alicyclic amines) is 1. The van der Waals surface area contributed by atoms with E-state index in [1.54, 1.807) is 6.08 Å². The minimum atomic E-state index is -0.367. The number of nitrogens with zero attached hydrogens (tertiary/aromatic N) is 1. The van der Waals surface area contributed by atoms with E-state index in [1.165, 1.54) is 0 Å². The fraction of sp³-hybridized carbons (Fsp3) is 0.769. The first-order valence-electron chi connectivity index (χ1n) is 6.57. The van der Waals surface area contributed by atoms with Gasteiger partial charge in [0, 0.05) is 32.5 Å². The predicted octanol–water partition coefficient (Wildman–Crippen LogP) is 0.516. The first-order chi connectivity index (χ1) is 8.67. The molecule has 0 aromatic rings. The molecule has 0 aromatic carbocycles. The SMILES string of the molecule is C=CCNC(=O)[C@H](C)N1CCC2(CC1)OCCO2. The quantitative estimate of drug-likeness (QED) is 0.743. The van der Waals surface area contributed by atoms with Crippen molar-refractivity contribution < 1.29 is 14.3 Å². The molecule has 1 N–H and O–H groups in total. The van der Waals surface area contributed by atoms with E-state index >= 15 is 0 Å². The smallest absolute Gasteiger partial charge is 0.237 e. The van der Waals surface area contributed by atoms with Crippen molar-refractivity contribution >= 4 is 5.91 Å². The Morgan fingerprint density at radius 2 is 2.06 bits per heavy atom. The third kappa shape index (κ3) is 2.91. The van der Waals surface area contributed by atoms with Crippen molar-refractivity contribution in [2.24, 2.45) is 0 Å². The highest BCUT2D eigenvalue weighted by atomic mass is 16.7. The summed E-state index contributed by atoms with van der Waals surface area (Å²) in [5.74, 6) is -0.313. The number of piperidine rings is 1. The maximum atomic E-state index is 11.9. The van der Waals surface area contributed by atoms with Crippen LogP contribution < -0.4 is 5.32 Å². The average Bonchev–Trinajstić information content (AvgIpc) is 2.84. The molecule has 2 saturated heterocycles. The summed E-state index contributed by atoms with van der Waals surface area (Å²) in [5, 5.41) is 2.83. The summed E-state index contributed by atoms with van der Waals surface area (Å²) in [6.07, 6.45) is 3.37. The highest BCUT2D eigenvalue weighted by Crippen LogP contribution is 2.31. The molecule has 0 radical (unpaired) electrons. The summed E-state index contributed by atoms with van der Waals surface area (Å²) in [6.45, 7) is 9.10. The van der Waals surface area contributed by atoms with Crippen molar-refractivity contribution in [3.8, 4) is 0 Å². The van der Waals surface area contributed by atoms with E-state index in [0.29, 0.717) is 19.8 Å². The van der Waals surface area contributed by atoms with Gasteiger partial charge >= 0.3 is 0 Å². The molecule has 2 rings (SSSR count). The molecule has 2 aliphatic rings. The van der Waals surface area contributed by atoms with Gasteiger partial charge < -0.3 is 14.8 Å². The zero-order valence-electron chi connectivity index (χ0n) is 11.0. The van der Waals surface area contributed by atoms with Crippen LogP contribution >= 0.6 is 0 Å². The van der Waals surface area contributed by atoms with Crippen LogP contribution in [0, 0.1) is 0 Å². The number of hydrogen-bond acceptors (Lipinski definition) is 4. The fourth-order valence-corrected chi connectivity index (χ4v) is 2.52. The first-order valence-corrected chi connectivity index (χ1v) is 6.57. The van der Waals surface area contributed by atoms with E-state index in [1.807, 2.05) is 6.92 Å². The Bertz CT molecular complexity index is 303. The molecule has 0 bridgehead atoms. The molecule has 1 spiro atoms. The van der Waals surface area contributed by atoms with E-state index in [4.69, 9.17) is 9.47 Å². The van der Waals surface area contributed by atoms with Crippen LogP contribution in [-0.2, 0) is 14.3 Å². The van der Waals surface area contributed by atoms with E-state index < -0.39 is 0 Å². The molecule has 1 amide bonds. The van der Waals surface area contributed by atoms with Crippen LogP contribution in [-0.4, -0.2) is 55.5 Å². The zero-order valence-corrected chi connectivity index (χ0v) is 11.0. The van der Waals surface area contributed by atoms with Gasteiger partial charge in [0.15, 0.2) is 5.79 Å². The van der Waals surface area contributed by atoms with Gasteiger partial charge in [0.25, 0.3) is 0 Å². The summed E-state index contributed by atoms with van der Waals surface area (Å²) in [5.41, 5.74) is 0. The van der Waals surface area contributed by atoms with Gasteiger partial charge in [0.1, 0.15) is 0 Å². The van der Waals surface area contributed by atoms with Gasteiger partial charge in [-0.1, -0.05) is 6.08 Å². The van der Waals surface area contributed by atoms with Crippen molar-refractivity contribution in [2.75, 3.05) is 32.8 Å². The second-order valence-corrected chi connectivity index (χ2v) is 4.85. The standard InChI is InChI=1S/C13H22N2O3/c1-3-6-14-12(16)11(2)15-7-4-13(5-8-15)17-9-10-18-13/h3,11H,1,4-10H2,2H3,(H,14,16)/t11-/m0/s1. The molecule has 0 saturated carbocycles. The van der Waals surface area contributed by atoms with Gasteiger partial charge in [-0.15, -0.1) is 6.58 Å². The Kier molecular flexibility index (Phi) is 4.37. The third-order valence-electron chi connectivity index (χ3n) is 3.72. The van der Waals surface area contributed by atoms with Gasteiger partial charge in [-0.2, -0.15) is 0 Å². The van der Waals surface area contributed by atoms with Gasteiger partial charge in [-0.3, -0.25) is 9.69 Å². The Morgan fingerprint density at radius 1 is 1.44 bits per heavy atom. The van der Waals surface area contributed by atoms with Crippen LogP contribution in [0.4, 0.5) is 0 Å². The molecule has 5 nitrogen and oxygen atoms in total. The van der Waals surface area contributed by atoms with Gasteiger partial charge in [-0.05, 0) is 6.92 Å². The van der Waals surface area contributed by atoms with Crippen molar-refractivity contribution in [3.63, 3.8) is 0 Å². The number of carbonyl (C=O) groups excluding carboxylic acids is 1. The maximum absolute atomic E-state index is 11.9. The monoisotopic (exact) mass is 254 g/mol. The van der Waals surface area contributed by atoms with Crippen LogP contribution in [0.1, 0.15) is 19.8 Å². The van der Waals surface area contributed by atoms with E-state index in [9.17, 15) is 4.79 Å². The molecule has 2 heterocycles. The molecule has 2 fully saturated rings. The molecule has 0 aromatic heterocycles. The van der Waals surface area contributed by atoms with Crippen molar-refractivity contribution in [2.45, 2.75) is 31.6 Å². The lowest BCUT2D eigenvalue weighted by Gasteiger charge is -2.39. The van der Waals surface area contributed by atoms with E-state index in [0.717, 1.165) is 25.9 Å². The van der Waals surface area contributed by atoms with E-state index in [2.05, 4.69) is 16.8 Å². The van der Waals surface area contributed by atoms with Crippen LogP contribution in [0.2, 0.25) is 0 Å². The minimum Gasteiger partial charge on any atom is -0.351 e. The molecule has 1 atom stereocenters. The van der Waals surface area contributed by atoms with Gasteiger partial charge in [-0.25, -0.2) is 0 Å². The number of nitrogens with one attached hydrogen (secondary N) is 1. The van der Waals surface area contributed by atoms with Crippen molar-refractivity contribution in [3.05, 3.63) is 12.7 Å². The molecule has 18 heavy (non-hydrogen) atoms. The number of hydrogen-bond donors (Lipinski definition) is 1. The zero-order chi connectivity index (χ0) is 13.0. The highest BCUT2D eigenvalue weighted by molar-refractivity contribution is 5.81. The predicted molar refractivity (Wildman–Crippen MR) is 68.1 cm³/mol. The minimum absolute atomic E-state index is 0.0547. The first kappa shape index (κ1) is 13.5. The van der Waals surface area contributed by atoms with Crippen molar-refractivity contribution in [1.82, 2.24) is 10.2 Å². The Labute approximate surface area is 108 Å². The Balaban J connectivity index is 1.81. The largest absolute Gasteiger partial charge is 0.351 e. The molecular weight excluding hydrogens is 232 g/mol. The van der Waals surface area contributed by atoms with Crippen LogP contribution in [0.5, 0.6) is 0 Å². The number of amides is 1. The topological polar surface area (TPSA) is 50.8 Å². The summed E-state index contributed by atoms with van der Waals surface area (Å²) >= 11 is 0. The maximum Gasteiger partial charge on any atom is 0.237 e. The Hall–Kier alpha value is -0.910. The number of carbonyl (C=O) groups is 1. The van der Waals surface area contributed by atoms with Crippen LogP contribution in [0.15, 0.2) is 12.7 Å². The fourth-order valence-electron chi connectivity index (χ4n) is 2.52. The highest BCUT2D eigenvalue weighted by Gasteiger charge is 2.41. The molecule has 2 aliphatic heterocycles. The lowest BCUT2D eigenvalue weighted by molar-refractivity contribution is -0.188. The number of rotatable bonds is 4. The van der Waals surface area contributed by atoms with Crippen LogP contribution in [0.3, 0.4) is 0 Å². The van der Waals surface area contributed by atoms with Gasteiger partial charge in [0.2, 0.25) is 5.91 Å². The Morgan fingerprint density at radius 3 is 2.61 bits per heavy atom. The second-order valence-electron chi connectivity index (χ2n) is 4.85. The second kappa shape index (κ2) is 5.82. The lowest BCUT2D eigenvalue weighted by atomic mass is 10.0. The van der Waals surface area contributed by atoms with E-state index in [-0.39, 0.29) is 17.7 Å². The normalized spacial score (nSPS) is 24.9. The molecule has 0 unspecified atom stereocenters. The van der Waals surface area contributed by atoms with Gasteiger partial charge in [0.05, 0.1) is 19.3 Å². The summed E-state index contributed by atoms with van der Waals surface area (Å²) in [4.78, 5) is 14.0.